The molecule has 0 fully saturated rings. The highest BCUT2D eigenvalue weighted by Gasteiger charge is 2.06. The van der Waals surface area contributed by atoms with Crippen LogP contribution in [0.2, 0.25) is 0 Å². The maximum absolute atomic E-state index is 12.0. The van der Waals surface area contributed by atoms with Gasteiger partial charge in [0.2, 0.25) is 0 Å². The molecule has 0 atom stereocenters. The van der Waals surface area contributed by atoms with Crippen molar-refractivity contribution in [1.82, 2.24) is 14.5 Å². The van der Waals surface area contributed by atoms with Crippen LogP contribution in [0.5, 0.6) is 5.75 Å². The van der Waals surface area contributed by atoms with Crippen molar-refractivity contribution in [1.29, 1.82) is 0 Å². The average Bonchev–Trinajstić information content (AvgIpc) is 2.50. The summed E-state index contributed by atoms with van der Waals surface area (Å²) in [5.74, 6) is 0.798. The fourth-order valence-electron chi connectivity index (χ4n) is 2.13. The quantitative estimate of drug-likeness (QED) is 0.864. The van der Waals surface area contributed by atoms with Gasteiger partial charge in [-0.1, -0.05) is 12.1 Å². The highest BCUT2D eigenvalue weighted by molar-refractivity contribution is 5.28. The number of benzene rings is 1. The Hall–Kier alpha value is -2.34. The Morgan fingerprint density at radius 1 is 1.19 bits per heavy atom. The topological polar surface area (TPSA) is 65.3 Å². The molecule has 0 radical (unpaired) electrons. The number of nitrogens with zero attached hydrogens (tertiary/aromatic N) is 2. The molecule has 1 aromatic carbocycles. The van der Waals surface area contributed by atoms with Gasteiger partial charge in [-0.05, 0) is 17.7 Å². The molecular weight excluding hydrogens is 270 g/mol. The molecule has 1 aromatic heterocycles. The van der Waals surface area contributed by atoms with Gasteiger partial charge < -0.3 is 14.6 Å². The minimum Gasteiger partial charge on any atom is -0.497 e. The normalized spacial score (nSPS) is 10.6. The Bertz CT molecular complexity index is 747. The predicted octanol–water partition coefficient (Wildman–Crippen LogP) is 0.382. The zero-order chi connectivity index (χ0) is 15.4. The Balaban J connectivity index is 2.07. The van der Waals surface area contributed by atoms with Crippen LogP contribution in [0.3, 0.4) is 0 Å². The molecule has 21 heavy (non-hydrogen) atoms. The fraction of sp³-hybridized carbons (Fsp3) is 0.333. The maximum atomic E-state index is 12.0. The molecule has 1 heterocycles. The molecular formula is C15H19N3O3. The molecule has 6 nitrogen and oxygen atoms in total. The lowest BCUT2D eigenvalue weighted by atomic mass is 10.2. The van der Waals surface area contributed by atoms with Crippen LogP contribution < -0.4 is 21.3 Å². The number of ether oxygens (including phenoxy) is 1. The highest BCUT2D eigenvalue weighted by Crippen LogP contribution is 2.12. The van der Waals surface area contributed by atoms with E-state index in [-0.39, 0.29) is 11.2 Å². The van der Waals surface area contributed by atoms with E-state index in [2.05, 4.69) is 5.32 Å². The summed E-state index contributed by atoms with van der Waals surface area (Å²) in [6, 6.07) is 7.72. The first-order chi connectivity index (χ1) is 10.0. The van der Waals surface area contributed by atoms with Crippen LogP contribution in [0.1, 0.15) is 11.1 Å². The molecule has 0 aliphatic carbocycles. The number of hydrogen-bond donors (Lipinski definition) is 1. The molecule has 2 rings (SSSR count). The summed E-state index contributed by atoms with van der Waals surface area (Å²) in [6.45, 7) is 1.02. The van der Waals surface area contributed by atoms with Crippen LogP contribution >= 0.6 is 0 Å². The predicted molar refractivity (Wildman–Crippen MR) is 80.5 cm³/mol. The lowest BCUT2D eigenvalue weighted by Gasteiger charge is -2.09. The second kappa shape index (κ2) is 6.41. The summed E-state index contributed by atoms with van der Waals surface area (Å²) < 4.78 is 7.68. The minimum atomic E-state index is -0.323. The van der Waals surface area contributed by atoms with E-state index in [0.29, 0.717) is 18.7 Å². The third kappa shape index (κ3) is 3.41. The molecule has 0 unspecified atom stereocenters. The van der Waals surface area contributed by atoms with E-state index in [4.69, 9.17) is 4.74 Å². The molecule has 1 N–H and O–H groups in total. The van der Waals surface area contributed by atoms with E-state index >= 15 is 0 Å². The first-order valence-corrected chi connectivity index (χ1v) is 6.62. The molecule has 0 aliphatic rings. The number of aryl methyl sites for hydroxylation is 1. The van der Waals surface area contributed by atoms with Gasteiger partial charge in [0.05, 0.1) is 7.11 Å². The Morgan fingerprint density at radius 2 is 1.95 bits per heavy atom. The van der Waals surface area contributed by atoms with Crippen LogP contribution in [0.15, 0.2) is 40.1 Å². The Labute approximate surface area is 122 Å². The molecule has 0 bridgehead atoms. The highest BCUT2D eigenvalue weighted by atomic mass is 16.5. The van der Waals surface area contributed by atoms with Crippen molar-refractivity contribution < 1.29 is 4.74 Å². The zero-order valence-electron chi connectivity index (χ0n) is 12.4. The van der Waals surface area contributed by atoms with Gasteiger partial charge in [0.25, 0.3) is 5.56 Å². The van der Waals surface area contributed by atoms with Gasteiger partial charge in [0, 0.05) is 38.9 Å². The third-order valence-electron chi connectivity index (χ3n) is 3.30. The smallest absolute Gasteiger partial charge is 0.330 e. The van der Waals surface area contributed by atoms with E-state index in [1.165, 1.54) is 11.6 Å². The van der Waals surface area contributed by atoms with Crippen molar-refractivity contribution in [3.05, 3.63) is 62.4 Å². The molecule has 2 aromatic rings. The fourth-order valence-corrected chi connectivity index (χ4v) is 2.13. The standard InChI is InChI=1S/C15H19N3O3/c1-17-10-12(14(19)18(2)15(17)20)9-16-8-11-5-4-6-13(7-11)21-3/h4-7,10,16H,8-9H2,1-3H3. The Kier molecular flexibility index (Phi) is 4.59. The lowest BCUT2D eigenvalue weighted by Crippen LogP contribution is -2.39. The molecule has 0 spiro atoms. The van der Waals surface area contributed by atoms with E-state index in [9.17, 15) is 9.59 Å². The second-order valence-corrected chi connectivity index (χ2v) is 4.87. The van der Waals surface area contributed by atoms with Crippen LogP contribution in [-0.4, -0.2) is 16.2 Å². The minimum absolute atomic E-state index is 0.267. The second-order valence-electron chi connectivity index (χ2n) is 4.87. The molecule has 0 saturated carbocycles. The summed E-state index contributed by atoms with van der Waals surface area (Å²) in [6.07, 6.45) is 1.57. The van der Waals surface area contributed by atoms with E-state index in [0.717, 1.165) is 15.9 Å². The average molecular weight is 289 g/mol. The molecule has 0 saturated heterocycles. The number of methoxy groups -OCH3 is 1. The van der Waals surface area contributed by atoms with Crippen molar-refractivity contribution in [2.24, 2.45) is 14.1 Å². The number of hydrogen-bond acceptors (Lipinski definition) is 4. The van der Waals surface area contributed by atoms with E-state index < -0.39 is 0 Å². The van der Waals surface area contributed by atoms with Crippen LogP contribution in [0.25, 0.3) is 0 Å². The lowest BCUT2D eigenvalue weighted by molar-refractivity contribution is 0.414. The third-order valence-corrected chi connectivity index (χ3v) is 3.30. The number of rotatable bonds is 5. The van der Waals surface area contributed by atoms with Gasteiger partial charge >= 0.3 is 5.69 Å². The molecule has 0 aliphatic heterocycles. The molecule has 6 heteroatoms. The van der Waals surface area contributed by atoms with Gasteiger partial charge in [0.15, 0.2) is 0 Å². The van der Waals surface area contributed by atoms with E-state index in [1.54, 1.807) is 20.4 Å². The summed E-state index contributed by atoms with van der Waals surface area (Å²) in [5, 5.41) is 3.20. The van der Waals surface area contributed by atoms with Gasteiger partial charge in [0.1, 0.15) is 5.75 Å². The van der Waals surface area contributed by atoms with Crippen molar-refractivity contribution in [3.63, 3.8) is 0 Å². The Morgan fingerprint density at radius 3 is 2.67 bits per heavy atom. The van der Waals surface area contributed by atoms with Crippen molar-refractivity contribution in [2.75, 3.05) is 7.11 Å². The first kappa shape index (κ1) is 15.1. The summed E-state index contributed by atoms with van der Waals surface area (Å²) in [7, 11) is 4.74. The monoisotopic (exact) mass is 289 g/mol. The van der Waals surface area contributed by atoms with Gasteiger partial charge in [-0.2, -0.15) is 0 Å². The van der Waals surface area contributed by atoms with Crippen LogP contribution in [-0.2, 0) is 27.2 Å². The molecule has 112 valence electrons. The summed E-state index contributed by atoms with van der Waals surface area (Å²) in [4.78, 5) is 23.6. The van der Waals surface area contributed by atoms with Gasteiger partial charge in [-0.15, -0.1) is 0 Å². The van der Waals surface area contributed by atoms with Crippen LogP contribution in [0, 0.1) is 0 Å². The summed E-state index contributed by atoms with van der Waals surface area (Å²) in [5.41, 5.74) is 1.03. The van der Waals surface area contributed by atoms with E-state index in [1.807, 2.05) is 24.3 Å². The van der Waals surface area contributed by atoms with Crippen LogP contribution in [0.4, 0.5) is 0 Å². The largest absolute Gasteiger partial charge is 0.497 e. The zero-order valence-corrected chi connectivity index (χ0v) is 12.4. The van der Waals surface area contributed by atoms with Crippen molar-refractivity contribution in [3.8, 4) is 5.75 Å². The first-order valence-electron chi connectivity index (χ1n) is 6.62. The number of nitrogens with one attached hydrogen (secondary N) is 1. The van der Waals surface area contributed by atoms with Crippen molar-refractivity contribution in [2.45, 2.75) is 13.1 Å². The summed E-state index contributed by atoms with van der Waals surface area (Å²) >= 11 is 0. The molecule has 0 amide bonds. The number of aromatic nitrogens is 2. The van der Waals surface area contributed by atoms with Gasteiger partial charge in [-0.3, -0.25) is 9.36 Å². The SMILES string of the molecule is COc1cccc(CNCc2cn(C)c(=O)n(C)c2=O)c1. The maximum Gasteiger partial charge on any atom is 0.330 e. The van der Waals surface area contributed by atoms with Gasteiger partial charge in [-0.25, -0.2) is 4.79 Å². The van der Waals surface area contributed by atoms with Crippen molar-refractivity contribution >= 4 is 0 Å².